The molecule has 1 fully saturated rings. The summed E-state index contributed by atoms with van der Waals surface area (Å²) < 4.78 is 0. The average Bonchev–Trinajstić information content (AvgIpc) is 3.13. The second kappa shape index (κ2) is 11.5. The van der Waals surface area contributed by atoms with Crippen molar-refractivity contribution in [1.29, 1.82) is 0 Å². The lowest BCUT2D eigenvalue weighted by Crippen LogP contribution is -2.58. The van der Waals surface area contributed by atoms with Crippen LogP contribution in [0.25, 0.3) is 0 Å². The molecule has 170 valence electrons. The van der Waals surface area contributed by atoms with Crippen LogP contribution in [0.2, 0.25) is 0 Å². The molecular formula is C18H30N4O8. The third-order valence-electron chi connectivity index (χ3n) is 4.69. The van der Waals surface area contributed by atoms with Crippen molar-refractivity contribution in [3.05, 3.63) is 0 Å². The van der Waals surface area contributed by atoms with Crippen molar-refractivity contribution in [3.63, 3.8) is 0 Å². The summed E-state index contributed by atoms with van der Waals surface area (Å²) in [7, 11) is 0. The maximum Gasteiger partial charge on any atom is 0.326 e. The molecule has 0 bridgehead atoms. The number of rotatable bonds is 11. The van der Waals surface area contributed by atoms with Gasteiger partial charge < -0.3 is 36.6 Å². The lowest BCUT2D eigenvalue weighted by molar-refractivity contribution is -0.150. The Kier molecular flexibility index (Phi) is 9.66. The minimum Gasteiger partial charge on any atom is -0.481 e. The molecule has 1 aliphatic heterocycles. The van der Waals surface area contributed by atoms with E-state index >= 15 is 0 Å². The van der Waals surface area contributed by atoms with Crippen molar-refractivity contribution in [2.24, 2.45) is 11.7 Å². The second-order valence-corrected chi connectivity index (χ2v) is 7.67. The molecule has 0 aromatic rings. The molecule has 4 atom stereocenters. The molecule has 30 heavy (non-hydrogen) atoms. The largest absolute Gasteiger partial charge is 0.481 e. The highest BCUT2D eigenvalue weighted by Crippen LogP contribution is 2.18. The fourth-order valence-corrected chi connectivity index (χ4v) is 3.22. The molecule has 12 heteroatoms. The molecule has 1 rings (SSSR count). The molecule has 0 saturated carbocycles. The third-order valence-corrected chi connectivity index (χ3v) is 4.69. The summed E-state index contributed by atoms with van der Waals surface area (Å²) in [6.07, 6.45) is 0.259. The van der Waals surface area contributed by atoms with Gasteiger partial charge in [0.15, 0.2) is 0 Å². The van der Waals surface area contributed by atoms with Gasteiger partial charge in [-0.2, -0.15) is 0 Å². The summed E-state index contributed by atoms with van der Waals surface area (Å²) in [5, 5.41) is 32.2. The standard InChI is InChI=1S/C18H30N4O8/c1-9(2)6-10(19)15(26)20-11(7-14(24)25)16(27)21-12(8-23)17(28)22-5-3-4-13(22)18(29)30/h9-13,23H,3-8,19H2,1-2H3,(H,20,26)(H,21,27)(H,24,25)(H,29,30). The fourth-order valence-electron chi connectivity index (χ4n) is 3.22. The van der Waals surface area contributed by atoms with Gasteiger partial charge in [-0.3, -0.25) is 19.2 Å². The molecule has 3 amide bonds. The van der Waals surface area contributed by atoms with Gasteiger partial charge >= 0.3 is 11.9 Å². The highest BCUT2D eigenvalue weighted by molar-refractivity contribution is 5.95. The van der Waals surface area contributed by atoms with Crippen LogP contribution < -0.4 is 16.4 Å². The van der Waals surface area contributed by atoms with Gasteiger partial charge in [-0.1, -0.05) is 13.8 Å². The Balaban J connectivity index is 2.87. The van der Waals surface area contributed by atoms with Crippen LogP contribution in [0.1, 0.15) is 39.5 Å². The number of aliphatic hydroxyl groups excluding tert-OH is 1. The Morgan fingerprint density at radius 3 is 2.17 bits per heavy atom. The molecule has 1 aliphatic rings. The van der Waals surface area contributed by atoms with Crippen LogP contribution in [-0.2, 0) is 24.0 Å². The van der Waals surface area contributed by atoms with Crippen molar-refractivity contribution in [2.75, 3.05) is 13.2 Å². The van der Waals surface area contributed by atoms with Gasteiger partial charge in [0.1, 0.15) is 18.1 Å². The Labute approximate surface area is 173 Å². The maximum atomic E-state index is 12.6. The summed E-state index contributed by atoms with van der Waals surface area (Å²) in [5.41, 5.74) is 5.75. The van der Waals surface area contributed by atoms with E-state index in [1.807, 2.05) is 13.8 Å². The van der Waals surface area contributed by atoms with Crippen LogP contribution in [0, 0.1) is 5.92 Å². The number of nitrogens with two attached hydrogens (primary N) is 1. The molecule has 4 unspecified atom stereocenters. The number of nitrogens with zero attached hydrogens (tertiary/aromatic N) is 1. The van der Waals surface area contributed by atoms with E-state index in [0.29, 0.717) is 12.8 Å². The first kappa shape index (κ1) is 25.3. The van der Waals surface area contributed by atoms with Gasteiger partial charge in [0.2, 0.25) is 17.7 Å². The average molecular weight is 430 g/mol. The molecule has 1 saturated heterocycles. The number of carboxylic acid groups (broad SMARTS) is 2. The topological polar surface area (TPSA) is 199 Å². The van der Waals surface area contributed by atoms with Crippen molar-refractivity contribution in [3.8, 4) is 0 Å². The molecule has 0 spiro atoms. The zero-order chi connectivity index (χ0) is 23.0. The van der Waals surface area contributed by atoms with Crippen LogP contribution in [0.3, 0.4) is 0 Å². The lowest BCUT2D eigenvalue weighted by atomic mass is 10.0. The summed E-state index contributed by atoms with van der Waals surface area (Å²) in [6.45, 7) is 3.01. The molecule has 1 heterocycles. The Bertz CT molecular complexity index is 669. The van der Waals surface area contributed by atoms with Crippen LogP contribution >= 0.6 is 0 Å². The Hall–Kier alpha value is -2.73. The number of carbonyl (C=O) groups is 5. The van der Waals surface area contributed by atoms with E-state index in [1.54, 1.807) is 0 Å². The summed E-state index contributed by atoms with van der Waals surface area (Å²) >= 11 is 0. The minimum atomic E-state index is -1.52. The summed E-state index contributed by atoms with van der Waals surface area (Å²) in [4.78, 5) is 60.7. The smallest absolute Gasteiger partial charge is 0.326 e. The van der Waals surface area contributed by atoms with Gasteiger partial charge in [-0.25, -0.2) is 4.79 Å². The van der Waals surface area contributed by atoms with Crippen molar-refractivity contribution in [2.45, 2.75) is 63.7 Å². The zero-order valence-corrected chi connectivity index (χ0v) is 17.0. The molecular weight excluding hydrogens is 400 g/mol. The highest BCUT2D eigenvalue weighted by atomic mass is 16.4. The van der Waals surface area contributed by atoms with E-state index in [2.05, 4.69) is 10.6 Å². The van der Waals surface area contributed by atoms with E-state index < -0.39 is 66.9 Å². The quantitative estimate of drug-likeness (QED) is 0.212. The number of likely N-dealkylation sites (tertiary alicyclic amines) is 1. The predicted octanol–water partition coefficient (Wildman–Crippen LogP) is -2.13. The van der Waals surface area contributed by atoms with Crippen molar-refractivity contribution < 1.29 is 39.3 Å². The fraction of sp³-hybridized carbons (Fsp3) is 0.722. The third kappa shape index (κ3) is 7.26. The van der Waals surface area contributed by atoms with Gasteiger partial charge in [0.25, 0.3) is 0 Å². The number of nitrogens with one attached hydrogen (secondary N) is 2. The first-order valence-corrected chi connectivity index (χ1v) is 9.70. The number of carbonyl (C=O) groups excluding carboxylic acids is 3. The number of aliphatic hydroxyl groups is 1. The van der Waals surface area contributed by atoms with Gasteiger partial charge in [0.05, 0.1) is 19.1 Å². The number of amides is 3. The number of aliphatic carboxylic acids is 2. The van der Waals surface area contributed by atoms with E-state index in [0.717, 1.165) is 4.90 Å². The van der Waals surface area contributed by atoms with E-state index in [4.69, 9.17) is 10.8 Å². The Morgan fingerprint density at radius 1 is 1.07 bits per heavy atom. The highest BCUT2D eigenvalue weighted by Gasteiger charge is 2.38. The normalized spacial score (nSPS) is 19.1. The first-order valence-electron chi connectivity index (χ1n) is 9.70. The van der Waals surface area contributed by atoms with E-state index in [9.17, 15) is 34.2 Å². The molecule has 0 aliphatic carbocycles. The molecule has 12 nitrogen and oxygen atoms in total. The second-order valence-electron chi connectivity index (χ2n) is 7.67. The van der Waals surface area contributed by atoms with Gasteiger partial charge in [0, 0.05) is 6.54 Å². The Morgan fingerprint density at radius 2 is 1.67 bits per heavy atom. The number of hydrogen-bond donors (Lipinski definition) is 6. The monoisotopic (exact) mass is 430 g/mol. The van der Waals surface area contributed by atoms with Crippen molar-refractivity contribution in [1.82, 2.24) is 15.5 Å². The van der Waals surface area contributed by atoms with Gasteiger partial charge in [-0.05, 0) is 25.2 Å². The molecule has 0 radical (unpaired) electrons. The van der Waals surface area contributed by atoms with E-state index in [1.165, 1.54) is 0 Å². The zero-order valence-electron chi connectivity index (χ0n) is 17.0. The molecule has 0 aromatic heterocycles. The van der Waals surface area contributed by atoms with Crippen LogP contribution in [0.5, 0.6) is 0 Å². The van der Waals surface area contributed by atoms with Crippen LogP contribution in [0.4, 0.5) is 0 Å². The molecule has 0 aromatic carbocycles. The molecule has 7 N–H and O–H groups in total. The predicted molar refractivity (Wildman–Crippen MR) is 103 cm³/mol. The SMILES string of the molecule is CC(C)CC(N)C(=O)NC(CC(=O)O)C(=O)NC(CO)C(=O)N1CCCC1C(=O)O. The van der Waals surface area contributed by atoms with E-state index in [-0.39, 0.29) is 18.9 Å². The lowest BCUT2D eigenvalue weighted by Gasteiger charge is -2.27. The number of carboxylic acids is 2. The summed E-state index contributed by atoms with van der Waals surface area (Å²) in [5.74, 6) is -4.99. The van der Waals surface area contributed by atoms with Crippen LogP contribution in [0.15, 0.2) is 0 Å². The summed E-state index contributed by atoms with van der Waals surface area (Å²) in [6, 6.07) is -5.02. The van der Waals surface area contributed by atoms with Crippen molar-refractivity contribution >= 4 is 29.7 Å². The first-order chi connectivity index (χ1) is 14.0. The minimum absolute atomic E-state index is 0.0940. The maximum absolute atomic E-state index is 12.6. The van der Waals surface area contributed by atoms with Crippen LogP contribution in [-0.4, -0.2) is 87.2 Å². The number of hydrogen-bond acceptors (Lipinski definition) is 7. The van der Waals surface area contributed by atoms with Gasteiger partial charge in [-0.15, -0.1) is 0 Å².